The smallest absolute Gasteiger partial charge is 0.416 e. The second kappa shape index (κ2) is 8.85. The Balaban J connectivity index is 2.01. The van der Waals surface area contributed by atoms with E-state index in [1.807, 2.05) is 0 Å². The molecule has 0 aliphatic heterocycles. The van der Waals surface area contributed by atoms with Crippen molar-refractivity contribution in [1.82, 2.24) is 4.98 Å². The predicted octanol–water partition coefficient (Wildman–Crippen LogP) is 5.01. The molecule has 0 aliphatic carbocycles. The Morgan fingerprint density at radius 1 is 0.970 bits per heavy atom. The Kier molecular flexibility index (Phi) is 6.34. The largest absolute Gasteiger partial charge is 0.478 e. The summed E-state index contributed by atoms with van der Waals surface area (Å²) in [5, 5.41) is 11.3. The van der Waals surface area contributed by atoms with Gasteiger partial charge in [0, 0.05) is 17.8 Å². The Morgan fingerprint density at radius 3 is 2.15 bits per heavy atom. The van der Waals surface area contributed by atoms with Gasteiger partial charge in [-0.3, -0.25) is 4.79 Å². The van der Waals surface area contributed by atoms with Crippen molar-refractivity contribution >= 4 is 17.7 Å². The summed E-state index contributed by atoms with van der Waals surface area (Å²) in [6, 6.07) is 7.99. The molecule has 0 fully saturated rings. The highest BCUT2D eigenvalue weighted by Crippen LogP contribution is 2.34. The standard InChI is InChI=1S/C22H15F5N2O4/c1-21(33-17-10-15(23)7-8-16(17)24,13-3-5-14(6-4-13)22(25,26)27)20(32)29-18-9-2-12(11-28-18)19(30)31/h2-11H,1H3,(H,30,31)(H,28,29,32). The van der Waals surface area contributed by atoms with E-state index in [0.29, 0.717) is 18.2 Å². The van der Waals surface area contributed by atoms with Crippen molar-refractivity contribution in [2.75, 3.05) is 5.32 Å². The lowest BCUT2D eigenvalue weighted by Crippen LogP contribution is -2.43. The molecule has 1 aromatic heterocycles. The fourth-order valence-corrected chi connectivity index (χ4v) is 2.82. The highest BCUT2D eigenvalue weighted by molar-refractivity contribution is 5.97. The maximum Gasteiger partial charge on any atom is 0.416 e. The Bertz CT molecular complexity index is 1180. The normalized spacial score (nSPS) is 13.2. The zero-order valence-corrected chi connectivity index (χ0v) is 16.8. The van der Waals surface area contributed by atoms with Gasteiger partial charge in [0.1, 0.15) is 11.6 Å². The number of alkyl halides is 3. The van der Waals surface area contributed by atoms with Crippen molar-refractivity contribution in [2.24, 2.45) is 0 Å². The van der Waals surface area contributed by atoms with E-state index in [9.17, 15) is 31.5 Å². The fourth-order valence-electron chi connectivity index (χ4n) is 2.82. The van der Waals surface area contributed by atoms with E-state index in [1.165, 1.54) is 6.07 Å². The molecule has 3 aromatic rings. The number of anilines is 1. The number of pyridine rings is 1. The number of aromatic nitrogens is 1. The minimum absolute atomic E-state index is 0.0983. The van der Waals surface area contributed by atoms with E-state index in [4.69, 9.17) is 9.84 Å². The van der Waals surface area contributed by atoms with Gasteiger partial charge in [-0.15, -0.1) is 0 Å². The molecule has 3 rings (SSSR count). The number of nitrogens with one attached hydrogen (secondary N) is 1. The van der Waals surface area contributed by atoms with Gasteiger partial charge in [-0.05, 0) is 43.3 Å². The summed E-state index contributed by atoms with van der Waals surface area (Å²) in [5.41, 5.74) is -3.38. The molecule has 172 valence electrons. The Labute approximate surface area is 183 Å². The van der Waals surface area contributed by atoms with Crippen LogP contribution in [0.3, 0.4) is 0 Å². The number of carboxylic acid groups (broad SMARTS) is 1. The summed E-state index contributed by atoms with van der Waals surface area (Å²) in [7, 11) is 0. The molecular weight excluding hydrogens is 451 g/mol. The number of carbonyl (C=O) groups excluding carboxylic acids is 1. The molecule has 1 amide bonds. The van der Waals surface area contributed by atoms with E-state index in [1.54, 1.807) is 0 Å². The number of carboxylic acids is 1. The monoisotopic (exact) mass is 466 g/mol. The number of nitrogens with zero attached hydrogens (tertiary/aromatic N) is 1. The summed E-state index contributed by atoms with van der Waals surface area (Å²) < 4.78 is 72.2. The third kappa shape index (κ3) is 5.25. The SMILES string of the molecule is CC(Oc1cc(F)ccc1F)(C(=O)Nc1ccc(C(=O)O)cn1)c1ccc(C(F)(F)F)cc1. The number of ether oxygens (including phenoxy) is 1. The molecule has 1 unspecified atom stereocenters. The first kappa shape index (κ1) is 23.6. The first-order valence-corrected chi connectivity index (χ1v) is 9.23. The van der Waals surface area contributed by atoms with Crippen LogP contribution in [0.4, 0.5) is 27.8 Å². The minimum atomic E-state index is -4.64. The molecule has 6 nitrogen and oxygen atoms in total. The van der Waals surface area contributed by atoms with Crippen molar-refractivity contribution in [3.63, 3.8) is 0 Å². The number of aromatic carboxylic acids is 1. The molecule has 11 heteroatoms. The van der Waals surface area contributed by atoms with Gasteiger partial charge in [0.2, 0.25) is 5.60 Å². The predicted molar refractivity (Wildman–Crippen MR) is 106 cm³/mol. The van der Waals surface area contributed by atoms with Crippen molar-refractivity contribution in [3.8, 4) is 5.75 Å². The van der Waals surface area contributed by atoms with E-state index in [-0.39, 0.29) is 16.9 Å². The molecule has 33 heavy (non-hydrogen) atoms. The van der Waals surface area contributed by atoms with Gasteiger partial charge >= 0.3 is 12.1 Å². The third-order valence-corrected chi connectivity index (χ3v) is 4.66. The molecule has 2 aromatic carbocycles. The number of amides is 1. The van der Waals surface area contributed by atoms with Crippen LogP contribution >= 0.6 is 0 Å². The summed E-state index contributed by atoms with van der Waals surface area (Å²) in [5.74, 6) is -4.87. The number of rotatable bonds is 6. The number of benzene rings is 2. The van der Waals surface area contributed by atoms with Crippen molar-refractivity contribution in [1.29, 1.82) is 0 Å². The molecule has 0 bridgehead atoms. The molecule has 0 saturated carbocycles. The molecule has 1 atom stereocenters. The summed E-state index contributed by atoms with van der Waals surface area (Å²) in [4.78, 5) is 27.8. The molecule has 0 radical (unpaired) electrons. The summed E-state index contributed by atoms with van der Waals surface area (Å²) in [6.07, 6.45) is -3.66. The lowest BCUT2D eigenvalue weighted by Gasteiger charge is -2.30. The van der Waals surface area contributed by atoms with Gasteiger partial charge in [0.25, 0.3) is 5.91 Å². The van der Waals surface area contributed by atoms with Crippen LogP contribution in [0.2, 0.25) is 0 Å². The third-order valence-electron chi connectivity index (χ3n) is 4.66. The number of hydrogen-bond donors (Lipinski definition) is 2. The Morgan fingerprint density at radius 2 is 1.61 bits per heavy atom. The molecule has 1 heterocycles. The second-order valence-electron chi connectivity index (χ2n) is 6.98. The first-order chi connectivity index (χ1) is 15.4. The van der Waals surface area contributed by atoms with Crippen molar-refractivity contribution in [2.45, 2.75) is 18.7 Å². The molecule has 2 N–H and O–H groups in total. The van der Waals surface area contributed by atoms with Crippen molar-refractivity contribution < 1.29 is 41.4 Å². The van der Waals surface area contributed by atoms with Gasteiger partial charge in [-0.2, -0.15) is 13.2 Å². The molecule has 0 aliphatic rings. The van der Waals surface area contributed by atoms with Gasteiger partial charge in [0.05, 0.1) is 11.1 Å². The quantitative estimate of drug-likeness (QED) is 0.499. The molecule has 0 saturated heterocycles. The Hall–Kier alpha value is -4.02. The van der Waals surface area contributed by atoms with E-state index < -0.39 is 46.6 Å². The summed E-state index contributed by atoms with van der Waals surface area (Å²) >= 11 is 0. The number of carbonyl (C=O) groups is 2. The van der Waals surface area contributed by atoms with Crippen LogP contribution in [0.1, 0.15) is 28.4 Å². The van der Waals surface area contributed by atoms with Crippen LogP contribution in [0.5, 0.6) is 5.75 Å². The van der Waals surface area contributed by atoms with E-state index in [0.717, 1.165) is 43.5 Å². The maximum absolute atomic E-state index is 14.2. The fraction of sp³-hybridized carbons (Fsp3) is 0.136. The van der Waals surface area contributed by atoms with E-state index >= 15 is 0 Å². The molecule has 0 spiro atoms. The van der Waals surface area contributed by atoms with Gasteiger partial charge in [0.15, 0.2) is 11.6 Å². The molecular formula is C22H15F5N2O4. The maximum atomic E-state index is 14.2. The zero-order chi connectivity index (χ0) is 24.4. The van der Waals surface area contributed by atoms with E-state index in [2.05, 4.69) is 10.3 Å². The van der Waals surface area contributed by atoms with Crippen LogP contribution < -0.4 is 10.1 Å². The van der Waals surface area contributed by atoms with Crippen LogP contribution in [-0.2, 0) is 16.6 Å². The van der Waals surface area contributed by atoms with Crippen molar-refractivity contribution in [3.05, 3.63) is 89.1 Å². The number of halogens is 5. The average molecular weight is 466 g/mol. The number of hydrogen-bond acceptors (Lipinski definition) is 4. The van der Waals surface area contributed by atoms with Crippen LogP contribution in [0, 0.1) is 11.6 Å². The van der Waals surface area contributed by atoms with Crippen LogP contribution in [0.25, 0.3) is 0 Å². The van der Waals surface area contributed by atoms with Crippen LogP contribution in [-0.4, -0.2) is 22.0 Å². The van der Waals surface area contributed by atoms with Crippen LogP contribution in [0.15, 0.2) is 60.8 Å². The van der Waals surface area contributed by atoms with Gasteiger partial charge < -0.3 is 15.2 Å². The topological polar surface area (TPSA) is 88.5 Å². The zero-order valence-electron chi connectivity index (χ0n) is 16.8. The highest BCUT2D eigenvalue weighted by atomic mass is 19.4. The lowest BCUT2D eigenvalue weighted by atomic mass is 9.93. The summed E-state index contributed by atoms with van der Waals surface area (Å²) in [6.45, 7) is 1.15. The minimum Gasteiger partial charge on any atom is -0.478 e. The first-order valence-electron chi connectivity index (χ1n) is 9.23. The average Bonchev–Trinajstić information content (AvgIpc) is 2.76. The second-order valence-corrected chi connectivity index (χ2v) is 6.98. The lowest BCUT2D eigenvalue weighted by molar-refractivity contribution is -0.137. The highest BCUT2D eigenvalue weighted by Gasteiger charge is 2.40. The van der Waals surface area contributed by atoms with Gasteiger partial charge in [-0.25, -0.2) is 18.6 Å². The van der Waals surface area contributed by atoms with Gasteiger partial charge in [-0.1, -0.05) is 12.1 Å².